The third-order valence-corrected chi connectivity index (χ3v) is 5.76. The molecule has 0 aliphatic rings. The number of pyridine rings is 1. The second-order valence-corrected chi connectivity index (χ2v) is 8.50. The van der Waals surface area contributed by atoms with Crippen molar-refractivity contribution in [3.05, 3.63) is 94.9 Å². The zero-order valence-electron chi connectivity index (χ0n) is 19.3. The van der Waals surface area contributed by atoms with Crippen LogP contribution in [0.3, 0.4) is 0 Å². The quantitative estimate of drug-likeness (QED) is 0.301. The Morgan fingerprint density at radius 1 is 1.03 bits per heavy atom. The van der Waals surface area contributed by atoms with Crippen LogP contribution in [-0.4, -0.2) is 49.6 Å². The number of rotatable bonds is 10. The molecule has 0 aliphatic carbocycles. The zero-order chi connectivity index (χ0) is 25.3. The first kappa shape index (κ1) is 24.8. The van der Waals surface area contributed by atoms with Crippen molar-refractivity contribution in [1.29, 1.82) is 0 Å². The van der Waals surface area contributed by atoms with Crippen LogP contribution in [-0.2, 0) is 17.6 Å². The Hall–Kier alpha value is -4.31. The van der Waals surface area contributed by atoms with Gasteiger partial charge in [-0.2, -0.15) is 0 Å². The van der Waals surface area contributed by atoms with E-state index in [0.717, 1.165) is 16.8 Å². The summed E-state index contributed by atoms with van der Waals surface area (Å²) >= 11 is 6.19. The zero-order valence-corrected chi connectivity index (χ0v) is 20.1. The van der Waals surface area contributed by atoms with Gasteiger partial charge in [-0.15, -0.1) is 5.10 Å². The fraction of sp³-hybridized carbons (Fsp3) is 0.200. The van der Waals surface area contributed by atoms with Gasteiger partial charge in [0.25, 0.3) is 5.91 Å². The molecule has 1 atom stereocenters. The number of nitrogens with two attached hydrogens (primary N) is 1. The van der Waals surface area contributed by atoms with E-state index in [1.54, 1.807) is 24.3 Å². The Labute approximate surface area is 212 Å². The molecule has 0 bridgehead atoms. The monoisotopic (exact) mass is 504 g/mol. The summed E-state index contributed by atoms with van der Waals surface area (Å²) in [4.78, 5) is 30.0. The maximum Gasteiger partial charge on any atom is 0.270 e. The van der Waals surface area contributed by atoms with Crippen LogP contribution in [0, 0.1) is 0 Å². The van der Waals surface area contributed by atoms with Gasteiger partial charge >= 0.3 is 0 Å². The molecule has 0 radical (unpaired) electrons. The van der Waals surface area contributed by atoms with E-state index >= 15 is 0 Å². The molecule has 2 amide bonds. The lowest BCUT2D eigenvalue weighted by Gasteiger charge is -2.19. The number of tetrazole rings is 1. The van der Waals surface area contributed by atoms with Crippen molar-refractivity contribution in [3.8, 4) is 5.69 Å². The van der Waals surface area contributed by atoms with E-state index < -0.39 is 11.9 Å². The van der Waals surface area contributed by atoms with Crippen LogP contribution in [0.1, 0.15) is 28.0 Å². The highest BCUT2D eigenvalue weighted by Crippen LogP contribution is 2.19. The first-order chi connectivity index (χ1) is 17.5. The number of halogens is 1. The van der Waals surface area contributed by atoms with Crippen molar-refractivity contribution in [2.45, 2.75) is 25.3 Å². The minimum absolute atomic E-state index is 0.150. The summed E-state index contributed by atoms with van der Waals surface area (Å²) < 4.78 is 1.54. The molecule has 2 aromatic heterocycles. The van der Waals surface area contributed by atoms with Crippen LogP contribution < -0.4 is 16.4 Å². The lowest BCUT2D eigenvalue weighted by molar-refractivity contribution is -0.123. The topological polar surface area (TPSA) is 141 Å². The van der Waals surface area contributed by atoms with Crippen molar-refractivity contribution in [2.75, 3.05) is 12.3 Å². The summed E-state index contributed by atoms with van der Waals surface area (Å²) in [6, 6.07) is 19.2. The summed E-state index contributed by atoms with van der Waals surface area (Å²) in [5.41, 5.74) is 8.55. The van der Waals surface area contributed by atoms with Crippen molar-refractivity contribution in [3.63, 3.8) is 0 Å². The molecule has 2 heterocycles. The number of aromatic nitrogens is 5. The van der Waals surface area contributed by atoms with Crippen LogP contribution in [0.4, 0.5) is 5.82 Å². The molecular formula is C25H25ClN8O2. The molecule has 4 aromatic rings. The average molecular weight is 505 g/mol. The summed E-state index contributed by atoms with van der Waals surface area (Å²) in [5.74, 6) is -0.534. The molecule has 11 heteroatoms. The number of hydrogen-bond donors (Lipinski definition) is 3. The highest BCUT2D eigenvalue weighted by molar-refractivity contribution is 6.30. The second kappa shape index (κ2) is 11.9. The van der Waals surface area contributed by atoms with Crippen molar-refractivity contribution >= 4 is 29.2 Å². The van der Waals surface area contributed by atoms with Crippen LogP contribution in [0.25, 0.3) is 5.69 Å². The van der Waals surface area contributed by atoms with Crippen molar-refractivity contribution in [2.24, 2.45) is 0 Å². The average Bonchev–Trinajstić information content (AvgIpc) is 3.42. The molecule has 0 saturated heterocycles. The number of nitrogens with zero attached hydrogens (tertiary/aromatic N) is 5. The van der Waals surface area contributed by atoms with E-state index in [0.29, 0.717) is 30.8 Å². The lowest BCUT2D eigenvalue weighted by atomic mass is 10.0. The third-order valence-electron chi connectivity index (χ3n) is 5.52. The molecule has 10 nitrogen and oxygen atoms in total. The maximum absolute atomic E-state index is 13.1. The summed E-state index contributed by atoms with van der Waals surface area (Å²) in [5, 5.41) is 17.6. The fourth-order valence-corrected chi connectivity index (χ4v) is 3.92. The Balaban J connectivity index is 1.43. The van der Waals surface area contributed by atoms with Gasteiger partial charge in [-0.3, -0.25) is 9.59 Å². The number of nitrogens with one attached hydrogen (secondary N) is 2. The van der Waals surface area contributed by atoms with Crippen LogP contribution in [0.2, 0.25) is 5.02 Å². The summed E-state index contributed by atoms with van der Waals surface area (Å²) in [6.07, 6.45) is 3.00. The highest BCUT2D eigenvalue weighted by Gasteiger charge is 2.22. The number of nitrogen functional groups attached to an aromatic ring is 1. The van der Waals surface area contributed by atoms with Gasteiger partial charge in [0.2, 0.25) is 5.91 Å². The fourth-order valence-electron chi connectivity index (χ4n) is 3.73. The smallest absolute Gasteiger partial charge is 0.270 e. The van der Waals surface area contributed by atoms with Gasteiger partial charge in [-0.25, -0.2) is 9.67 Å². The van der Waals surface area contributed by atoms with Crippen molar-refractivity contribution < 1.29 is 9.59 Å². The summed E-state index contributed by atoms with van der Waals surface area (Å²) in [6.45, 7) is 0.322. The molecular weight excluding hydrogens is 480 g/mol. The van der Waals surface area contributed by atoms with E-state index in [9.17, 15) is 9.59 Å². The molecule has 0 unspecified atom stereocenters. The van der Waals surface area contributed by atoms with Crippen LogP contribution >= 0.6 is 11.6 Å². The minimum Gasteiger partial charge on any atom is -0.384 e. The Morgan fingerprint density at radius 3 is 2.61 bits per heavy atom. The highest BCUT2D eigenvalue weighted by atomic mass is 35.5. The minimum atomic E-state index is -0.765. The van der Waals surface area contributed by atoms with Gasteiger partial charge in [-0.1, -0.05) is 48.0 Å². The molecule has 4 rings (SSSR count). The van der Waals surface area contributed by atoms with E-state index in [4.69, 9.17) is 17.3 Å². The standard InChI is InChI=1S/C25H25ClN8O2/c26-19-10-12-22(34-16-29-32-33-34)18(15-19)13-14-28-24(35)21(11-9-17-5-2-1-3-6-17)31-25(36)20-7-4-8-23(27)30-20/h1-8,10,12,15-16,21H,9,11,13-14H2,(H2,27,30)(H,28,35)(H,31,36)/t21-/m0/s1. The van der Waals surface area contributed by atoms with Gasteiger partial charge in [0.05, 0.1) is 5.69 Å². The van der Waals surface area contributed by atoms with E-state index in [-0.39, 0.29) is 17.4 Å². The molecule has 0 fully saturated rings. The van der Waals surface area contributed by atoms with Crippen LogP contribution in [0.5, 0.6) is 0 Å². The number of hydrogen-bond acceptors (Lipinski definition) is 7. The molecule has 184 valence electrons. The van der Waals surface area contributed by atoms with E-state index in [1.807, 2.05) is 42.5 Å². The largest absolute Gasteiger partial charge is 0.384 e. The number of carbonyl (C=O) groups is 2. The molecule has 0 aliphatic heterocycles. The van der Waals surface area contributed by atoms with Gasteiger partial charge in [0.15, 0.2) is 0 Å². The molecule has 2 aromatic carbocycles. The Kier molecular flexibility index (Phi) is 8.20. The van der Waals surface area contributed by atoms with Gasteiger partial charge in [0.1, 0.15) is 23.9 Å². The Morgan fingerprint density at radius 2 is 1.86 bits per heavy atom. The van der Waals surface area contributed by atoms with Gasteiger partial charge in [0, 0.05) is 11.6 Å². The van der Waals surface area contributed by atoms with Gasteiger partial charge < -0.3 is 16.4 Å². The molecule has 4 N–H and O–H groups in total. The first-order valence-electron chi connectivity index (χ1n) is 11.4. The number of carbonyl (C=O) groups excluding carboxylic acids is 2. The molecule has 0 spiro atoms. The Bertz CT molecular complexity index is 1310. The normalized spacial score (nSPS) is 11.6. The SMILES string of the molecule is Nc1cccc(C(=O)N[C@@H](CCc2ccccc2)C(=O)NCCc2cc(Cl)ccc2-n2cnnn2)n1. The first-order valence-corrected chi connectivity index (χ1v) is 11.7. The van der Waals surface area contributed by atoms with E-state index in [2.05, 4.69) is 31.1 Å². The van der Waals surface area contributed by atoms with E-state index in [1.165, 1.54) is 11.0 Å². The lowest BCUT2D eigenvalue weighted by Crippen LogP contribution is -2.47. The second-order valence-electron chi connectivity index (χ2n) is 8.07. The maximum atomic E-state index is 13.1. The van der Waals surface area contributed by atoms with Crippen LogP contribution in [0.15, 0.2) is 73.1 Å². The number of anilines is 1. The molecule has 0 saturated carbocycles. The number of aryl methyl sites for hydroxylation is 1. The van der Waals surface area contributed by atoms with Gasteiger partial charge in [-0.05, 0) is 71.1 Å². The summed E-state index contributed by atoms with van der Waals surface area (Å²) in [7, 11) is 0. The number of amides is 2. The molecule has 36 heavy (non-hydrogen) atoms. The van der Waals surface area contributed by atoms with Crippen molar-refractivity contribution in [1.82, 2.24) is 35.8 Å². The number of benzene rings is 2. The third kappa shape index (κ3) is 6.63. The predicted octanol–water partition coefficient (Wildman–Crippen LogP) is 2.38. The predicted molar refractivity (Wildman–Crippen MR) is 136 cm³/mol.